The number of nitrogens with zero attached hydrogens (tertiary/aromatic N) is 1. The first-order valence-electron chi connectivity index (χ1n) is 7.63. The Morgan fingerprint density at radius 2 is 1.90 bits per heavy atom. The number of rotatable bonds is 7. The molecule has 1 N–H and O–H groups in total. The predicted molar refractivity (Wildman–Crippen MR) is 87.5 cm³/mol. The summed E-state index contributed by atoms with van der Waals surface area (Å²) in [6.45, 7) is 2.28. The summed E-state index contributed by atoms with van der Waals surface area (Å²) in [7, 11) is 0. The van der Waals surface area contributed by atoms with Crippen molar-refractivity contribution in [1.82, 2.24) is 4.90 Å². The second-order valence-electron chi connectivity index (χ2n) is 5.47. The van der Waals surface area contributed by atoms with Gasteiger partial charge in [-0.15, -0.1) is 0 Å². The zero-order valence-corrected chi connectivity index (χ0v) is 13.7. The molecule has 0 unspecified atom stereocenters. The topological polar surface area (TPSA) is 32.7 Å². The largest absolute Gasteiger partial charge is 0.491 e. The summed E-state index contributed by atoms with van der Waals surface area (Å²) in [5.74, 6) is 0.661. The van der Waals surface area contributed by atoms with Crippen LogP contribution in [0.4, 0.5) is 0 Å². The van der Waals surface area contributed by atoms with Crippen LogP contribution in [0.1, 0.15) is 32.1 Å². The summed E-state index contributed by atoms with van der Waals surface area (Å²) in [5.41, 5.74) is 0. The van der Waals surface area contributed by atoms with Crippen molar-refractivity contribution in [3.05, 3.63) is 28.2 Å². The van der Waals surface area contributed by atoms with Crippen LogP contribution in [0, 0.1) is 0 Å². The van der Waals surface area contributed by atoms with Crippen LogP contribution in [0.2, 0.25) is 10.0 Å². The standard InChI is InChI=1S/C16H23Cl2NO2/c17-13-6-7-16(15(18)12-13)21-11-9-19(8-10-20)14-4-2-1-3-5-14/h6-7,12,14,20H,1-5,8-11H2. The van der Waals surface area contributed by atoms with Gasteiger partial charge in [0.2, 0.25) is 0 Å². The van der Waals surface area contributed by atoms with Gasteiger partial charge in [-0.3, -0.25) is 4.90 Å². The van der Waals surface area contributed by atoms with E-state index in [9.17, 15) is 5.11 Å². The highest BCUT2D eigenvalue weighted by atomic mass is 35.5. The van der Waals surface area contributed by atoms with Crippen molar-refractivity contribution in [2.24, 2.45) is 0 Å². The molecule has 1 aromatic carbocycles. The van der Waals surface area contributed by atoms with Crippen molar-refractivity contribution in [2.75, 3.05) is 26.3 Å². The fourth-order valence-electron chi connectivity index (χ4n) is 2.92. The van der Waals surface area contributed by atoms with Gasteiger partial charge in [-0.25, -0.2) is 0 Å². The summed E-state index contributed by atoms with van der Waals surface area (Å²) < 4.78 is 5.75. The highest BCUT2D eigenvalue weighted by Crippen LogP contribution is 2.27. The Bertz CT molecular complexity index is 436. The molecule has 0 aromatic heterocycles. The van der Waals surface area contributed by atoms with Crippen LogP contribution < -0.4 is 4.74 Å². The van der Waals surface area contributed by atoms with E-state index in [1.165, 1.54) is 32.1 Å². The maximum Gasteiger partial charge on any atom is 0.138 e. The van der Waals surface area contributed by atoms with E-state index in [2.05, 4.69) is 4.90 Å². The molecule has 21 heavy (non-hydrogen) atoms. The number of benzene rings is 1. The van der Waals surface area contributed by atoms with Gasteiger partial charge in [0.25, 0.3) is 0 Å². The van der Waals surface area contributed by atoms with E-state index in [0.29, 0.717) is 35.0 Å². The fraction of sp³-hybridized carbons (Fsp3) is 0.625. The van der Waals surface area contributed by atoms with E-state index in [1.807, 2.05) is 0 Å². The van der Waals surface area contributed by atoms with Crippen molar-refractivity contribution in [3.63, 3.8) is 0 Å². The van der Waals surface area contributed by atoms with E-state index in [4.69, 9.17) is 27.9 Å². The van der Waals surface area contributed by atoms with E-state index in [1.54, 1.807) is 18.2 Å². The molecule has 0 amide bonds. The van der Waals surface area contributed by atoms with Crippen LogP contribution in [0.5, 0.6) is 5.75 Å². The van der Waals surface area contributed by atoms with Crippen LogP contribution in [0.15, 0.2) is 18.2 Å². The number of aliphatic hydroxyl groups is 1. The smallest absolute Gasteiger partial charge is 0.138 e. The van der Waals surface area contributed by atoms with Gasteiger partial charge < -0.3 is 9.84 Å². The van der Waals surface area contributed by atoms with Gasteiger partial charge in [0, 0.05) is 24.2 Å². The van der Waals surface area contributed by atoms with Crippen LogP contribution in [0.3, 0.4) is 0 Å². The third-order valence-electron chi connectivity index (χ3n) is 4.01. The van der Waals surface area contributed by atoms with Gasteiger partial charge in [-0.05, 0) is 31.0 Å². The third kappa shape index (κ3) is 5.33. The Hall–Kier alpha value is -0.480. The monoisotopic (exact) mass is 331 g/mol. The van der Waals surface area contributed by atoms with Crippen LogP contribution in [-0.4, -0.2) is 42.4 Å². The molecule has 118 valence electrons. The SMILES string of the molecule is OCCN(CCOc1ccc(Cl)cc1Cl)C1CCCCC1. The molecule has 1 fully saturated rings. The second kappa shape index (κ2) is 8.84. The Kier molecular flexibility index (Phi) is 7.11. The highest BCUT2D eigenvalue weighted by molar-refractivity contribution is 6.35. The number of aliphatic hydroxyl groups excluding tert-OH is 1. The summed E-state index contributed by atoms with van der Waals surface area (Å²) in [6, 6.07) is 5.83. The second-order valence-corrected chi connectivity index (χ2v) is 6.32. The summed E-state index contributed by atoms with van der Waals surface area (Å²) >= 11 is 12.0. The molecule has 1 aromatic rings. The number of hydrogen-bond acceptors (Lipinski definition) is 3. The molecule has 0 spiro atoms. The van der Waals surface area contributed by atoms with Crippen molar-refractivity contribution in [3.8, 4) is 5.75 Å². The molecular formula is C16H23Cl2NO2. The molecule has 1 aliphatic rings. The van der Waals surface area contributed by atoms with Gasteiger partial charge in [-0.1, -0.05) is 42.5 Å². The molecule has 5 heteroatoms. The zero-order valence-electron chi connectivity index (χ0n) is 12.2. The van der Waals surface area contributed by atoms with Crippen molar-refractivity contribution >= 4 is 23.2 Å². The minimum Gasteiger partial charge on any atom is -0.491 e. The van der Waals surface area contributed by atoms with Crippen molar-refractivity contribution < 1.29 is 9.84 Å². The summed E-state index contributed by atoms with van der Waals surface area (Å²) in [6.07, 6.45) is 6.36. The van der Waals surface area contributed by atoms with E-state index >= 15 is 0 Å². The van der Waals surface area contributed by atoms with E-state index in [0.717, 1.165) is 6.54 Å². The maximum absolute atomic E-state index is 9.24. The molecule has 0 aliphatic heterocycles. The number of ether oxygens (including phenoxy) is 1. The van der Waals surface area contributed by atoms with Crippen LogP contribution in [0.25, 0.3) is 0 Å². The van der Waals surface area contributed by atoms with Crippen LogP contribution >= 0.6 is 23.2 Å². The van der Waals surface area contributed by atoms with Gasteiger partial charge in [0.1, 0.15) is 12.4 Å². The Morgan fingerprint density at radius 3 is 2.57 bits per heavy atom. The molecular weight excluding hydrogens is 309 g/mol. The lowest BCUT2D eigenvalue weighted by Gasteiger charge is -2.33. The fourth-order valence-corrected chi connectivity index (χ4v) is 3.38. The minimum absolute atomic E-state index is 0.193. The molecule has 0 radical (unpaired) electrons. The first-order chi connectivity index (χ1) is 10.2. The Labute approximate surface area is 136 Å². The summed E-state index contributed by atoms with van der Waals surface area (Å²) in [4.78, 5) is 2.34. The molecule has 2 rings (SSSR count). The molecule has 0 heterocycles. The normalized spacial score (nSPS) is 16.4. The van der Waals surface area contributed by atoms with Crippen molar-refractivity contribution in [1.29, 1.82) is 0 Å². The quantitative estimate of drug-likeness (QED) is 0.819. The molecule has 0 bridgehead atoms. The van der Waals surface area contributed by atoms with E-state index < -0.39 is 0 Å². The Morgan fingerprint density at radius 1 is 1.14 bits per heavy atom. The minimum atomic E-state index is 0.193. The molecule has 3 nitrogen and oxygen atoms in total. The van der Waals surface area contributed by atoms with Gasteiger partial charge in [0.05, 0.1) is 11.6 Å². The van der Waals surface area contributed by atoms with E-state index in [-0.39, 0.29) is 6.61 Å². The molecule has 0 saturated heterocycles. The maximum atomic E-state index is 9.24. The first-order valence-corrected chi connectivity index (χ1v) is 8.39. The lowest BCUT2D eigenvalue weighted by atomic mass is 9.94. The lowest BCUT2D eigenvalue weighted by Crippen LogP contribution is -2.41. The molecule has 1 aliphatic carbocycles. The molecule has 1 saturated carbocycles. The first kappa shape index (κ1) is 16.9. The van der Waals surface area contributed by atoms with Crippen LogP contribution in [-0.2, 0) is 0 Å². The highest BCUT2D eigenvalue weighted by Gasteiger charge is 2.20. The average molecular weight is 332 g/mol. The zero-order chi connectivity index (χ0) is 15.1. The number of halogens is 2. The lowest BCUT2D eigenvalue weighted by molar-refractivity contribution is 0.106. The van der Waals surface area contributed by atoms with Gasteiger partial charge in [-0.2, -0.15) is 0 Å². The number of hydrogen-bond donors (Lipinski definition) is 1. The summed E-state index contributed by atoms with van der Waals surface area (Å²) in [5, 5.41) is 10.4. The predicted octanol–water partition coefficient (Wildman–Crippen LogP) is 4.00. The third-order valence-corrected chi connectivity index (χ3v) is 4.54. The van der Waals surface area contributed by atoms with Crippen molar-refractivity contribution in [2.45, 2.75) is 38.1 Å². The van der Waals surface area contributed by atoms with Gasteiger partial charge in [0.15, 0.2) is 0 Å². The molecule has 0 atom stereocenters. The average Bonchev–Trinajstić information content (AvgIpc) is 2.49. The Balaban J connectivity index is 1.83. The van der Waals surface area contributed by atoms with Gasteiger partial charge >= 0.3 is 0 Å².